The Labute approximate surface area is 147 Å². The molecule has 0 amide bonds. The van der Waals surface area contributed by atoms with Crippen molar-refractivity contribution in [1.82, 2.24) is 9.97 Å². The number of fused-ring (bicyclic) bond motifs is 1. The Morgan fingerprint density at radius 3 is 2.52 bits per heavy atom. The molecule has 1 N–H and O–H groups in total. The molecule has 0 fully saturated rings. The highest BCUT2D eigenvalue weighted by atomic mass is 32.1. The highest BCUT2D eigenvalue weighted by Crippen LogP contribution is 2.35. The van der Waals surface area contributed by atoms with Crippen LogP contribution < -0.4 is 5.56 Å². The Bertz CT molecular complexity index is 1100. The van der Waals surface area contributed by atoms with Crippen LogP contribution in [0.2, 0.25) is 0 Å². The summed E-state index contributed by atoms with van der Waals surface area (Å²) in [5.74, 6) is 0.312. The zero-order chi connectivity index (χ0) is 17.4. The maximum Gasteiger partial charge on any atom is 0.260 e. The number of hydrogen-bond acceptors (Lipinski definition) is 3. The molecule has 0 aliphatic heterocycles. The molecule has 0 radical (unpaired) electrons. The largest absolute Gasteiger partial charge is 0.310 e. The van der Waals surface area contributed by atoms with E-state index in [1.54, 1.807) is 12.1 Å². The first-order valence-electron chi connectivity index (χ1n) is 7.94. The van der Waals surface area contributed by atoms with E-state index in [0.717, 1.165) is 26.4 Å². The van der Waals surface area contributed by atoms with Crippen molar-refractivity contribution in [3.8, 4) is 11.1 Å². The third kappa shape index (κ3) is 2.98. The Morgan fingerprint density at radius 1 is 1.08 bits per heavy atom. The number of hydrogen-bond donors (Lipinski definition) is 1. The van der Waals surface area contributed by atoms with E-state index in [-0.39, 0.29) is 11.4 Å². The van der Waals surface area contributed by atoms with Crippen molar-refractivity contribution in [2.45, 2.75) is 13.3 Å². The van der Waals surface area contributed by atoms with E-state index < -0.39 is 0 Å². The molecule has 4 rings (SSSR count). The average Bonchev–Trinajstić information content (AvgIpc) is 2.94. The third-order valence-electron chi connectivity index (χ3n) is 4.13. The van der Waals surface area contributed by atoms with Gasteiger partial charge >= 0.3 is 0 Å². The first-order chi connectivity index (χ1) is 12.1. The number of aromatic amines is 1. The standard InChI is InChI=1S/C20H15FN2OS/c1-12-17(14-5-3-2-4-6-14)18-19(24)22-16(23-20(18)25-12)11-13-7-9-15(21)10-8-13/h2-10H,11H2,1H3,(H,22,23,24). The van der Waals surface area contributed by atoms with Crippen LogP contribution in [0.3, 0.4) is 0 Å². The molecule has 2 aromatic carbocycles. The third-order valence-corrected chi connectivity index (χ3v) is 5.13. The number of halogens is 1. The van der Waals surface area contributed by atoms with Gasteiger partial charge in [0.15, 0.2) is 0 Å². The van der Waals surface area contributed by atoms with Gasteiger partial charge in [-0.3, -0.25) is 4.79 Å². The molecule has 0 saturated heterocycles. The number of benzene rings is 2. The van der Waals surface area contributed by atoms with Crippen molar-refractivity contribution in [2.75, 3.05) is 0 Å². The van der Waals surface area contributed by atoms with E-state index >= 15 is 0 Å². The molecule has 2 heterocycles. The molecule has 0 atom stereocenters. The molecule has 0 bridgehead atoms. The average molecular weight is 350 g/mol. The predicted molar refractivity (Wildman–Crippen MR) is 99.6 cm³/mol. The Balaban J connectivity index is 1.81. The van der Waals surface area contributed by atoms with Crippen LogP contribution in [0.15, 0.2) is 59.4 Å². The first-order valence-corrected chi connectivity index (χ1v) is 8.75. The van der Waals surface area contributed by atoms with E-state index in [1.165, 1.54) is 23.5 Å². The molecular formula is C20H15FN2OS. The fourth-order valence-electron chi connectivity index (χ4n) is 3.00. The fourth-order valence-corrected chi connectivity index (χ4v) is 4.06. The number of aromatic nitrogens is 2. The van der Waals surface area contributed by atoms with Crippen LogP contribution in [0.5, 0.6) is 0 Å². The molecule has 5 heteroatoms. The number of nitrogens with one attached hydrogen (secondary N) is 1. The summed E-state index contributed by atoms with van der Waals surface area (Å²) in [5.41, 5.74) is 2.73. The van der Waals surface area contributed by atoms with E-state index in [1.807, 2.05) is 37.3 Å². The number of aryl methyl sites for hydroxylation is 1. The number of rotatable bonds is 3. The van der Waals surface area contributed by atoms with Crippen LogP contribution in [0, 0.1) is 12.7 Å². The van der Waals surface area contributed by atoms with Gasteiger partial charge in [0.2, 0.25) is 0 Å². The normalized spacial score (nSPS) is 11.1. The summed E-state index contributed by atoms with van der Waals surface area (Å²) >= 11 is 1.52. The van der Waals surface area contributed by atoms with Crippen molar-refractivity contribution >= 4 is 21.6 Å². The minimum atomic E-state index is -0.276. The van der Waals surface area contributed by atoms with E-state index in [2.05, 4.69) is 9.97 Å². The van der Waals surface area contributed by atoms with Crippen LogP contribution in [-0.2, 0) is 6.42 Å². The van der Waals surface area contributed by atoms with Gasteiger partial charge in [-0.25, -0.2) is 9.37 Å². The molecule has 0 spiro atoms. The number of H-pyrrole nitrogens is 1. The smallest absolute Gasteiger partial charge is 0.260 e. The zero-order valence-electron chi connectivity index (χ0n) is 13.5. The Hall–Kier alpha value is -2.79. The molecule has 2 aromatic heterocycles. The van der Waals surface area contributed by atoms with Gasteiger partial charge in [-0.15, -0.1) is 11.3 Å². The van der Waals surface area contributed by atoms with Gasteiger partial charge in [-0.1, -0.05) is 42.5 Å². The molecule has 0 aliphatic rings. The fraction of sp³-hybridized carbons (Fsp3) is 0.100. The minimum Gasteiger partial charge on any atom is -0.310 e. The quantitative estimate of drug-likeness (QED) is 0.583. The van der Waals surface area contributed by atoms with Crippen LogP contribution in [0.1, 0.15) is 16.3 Å². The molecule has 0 saturated carbocycles. The molecule has 4 aromatic rings. The first kappa shape index (κ1) is 15.7. The second-order valence-electron chi connectivity index (χ2n) is 5.90. The molecule has 0 unspecified atom stereocenters. The lowest BCUT2D eigenvalue weighted by molar-refractivity contribution is 0.627. The summed E-state index contributed by atoms with van der Waals surface area (Å²) < 4.78 is 13.0. The van der Waals surface area contributed by atoms with Gasteiger partial charge < -0.3 is 4.98 Å². The topological polar surface area (TPSA) is 45.8 Å². The predicted octanol–water partition coefficient (Wildman–Crippen LogP) is 4.69. The lowest BCUT2D eigenvalue weighted by Crippen LogP contribution is -2.11. The maximum absolute atomic E-state index is 13.0. The minimum absolute atomic E-state index is 0.134. The van der Waals surface area contributed by atoms with Crippen LogP contribution in [-0.4, -0.2) is 9.97 Å². The SMILES string of the molecule is Cc1sc2nc(Cc3ccc(F)cc3)[nH]c(=O)c2c1-c1ccccc1. The lowest BCUT2D eigenvalue weighted by Gasteiger charge is -2.03. The van der Waals surface area contributed by atoms with Crippen molar-refractivity contribution in [1.29, 1.82) is 0 Å². The highest BCUT2D eigenvalue weighted by molar-refractivity contribution is 7.19. The van der Waals surface area contributed by atoms with E-state index in [4.69, 9.17) is 0 Å². The monoisotopic (exact) mass is 350 g/mol. The second kappa shape index (κ2) is 6.26. The molecule has 25 heavy (non-hydrogen) atoms. The second-order valence-corrected chi connectivity index (χ2v) is 7.10. The van der Waals surface area contributed by atoms with E-state index in [9.17, 15) is 9.18 Å². The molecule has 124 valence electrons. The van der Waals surface area contributed by atoms with Gasteiger partial charge in [0.1, 0.15) is 16.5 Å². The van der Waals surface area contributed by atoms with Crippen LogP contribution in [0.4, 0.5) is 4.39 Å². The summed E-state index contributed by atoms with van der Waals surface area (Å²) in [6.07, 6.45) is 0.461. The summed E-state index contributed by atoms with van der Waals surface area (Å²) in [4.78, 5) is 22.0. The zero-order valence-corrected chi connectivity index (χ0v) is 14.4. The summed E-state index contributed by atoms with van der Waals surface area (Å²) in [6, 6.07) is 16.1. The van der Waals surface area contributed by atoms with E-state index in [0.29, 0.717) is 17.6 Å². The lowest BCUT2D eigenvalue weighted by atomic mass is 10.0. The van der Waals surface area contributed by atoms with Crippen molar-refractivity contribution < 1.29 is 4.39 Å². The molecule has 3 nitrogen and oxygen atoms in total. The summed E-state index contributed by atoms with van der Waals surface area (Å²) in [5, 5.41) is 0.636. The highest BCUT2D eigenvalue weighted by Gasteiger charge is 2.16. The maximum atomic E-state index is 13.0. The van der Waals surface area contributed by atoms with Gasteiger partial charge in [0.25, 0.3) is 5.56 Å². The number of nitrogens with zero attached hydrogens (tertiary/aromatic N) is 1. The van der Waals surface area contributed by atoms with Gasteiger partial charge in [0, 0.05) is 16.9 Å². The van der Waals surface area contributed by atoms with Crippen molar-refractivity contribution in [3.05, 3.63) is 87.0 Å². The van der Waals surface area contributed by atoms with Gasteiger partial charge in [-0.05, 0) is 30.2 Å². The molecular weight excluding hydrogens is 335 g/mol. The van der Waals surface area contributed by atoms with Crippen LogP contribution >= 0.6 is 11.3 Å². The van der Waals surface area contributed by atoms with Crippen molar-refractivity contribution in [2.24, 2.45) is 0 Å². The Morgan fingerprint density at radius 2 is 1.80 bits per heavy atom. The summed E-state index contributed by atoms with van der Waals surface area (Å²) in [6.45, 7) is 2.01. The summed E-state index contributed by atoms with van der Waals surface area (Å²) in [7, 11) is 0. The van der Waals surface area contributed by atoms with Gasteiger partial charge in [-0.2, -0.15) is 0 Å². The van der Waals surface area contributed by atoms with Crippen LogP contribution in [0.25, 0.3) is 21.3 Å². The van der Waals surface area contributed by atoms with Crippen molar-refractivity contribution in [3.63, 3.8) is 0 Å². The van der Waals surface area contributed by atoms with Gasteiger partial charge in [0.05, 0.1) is 5.39 Å². The Kier molecular flexibility index (Phi) is 3.93. The number of thiophene rings is 1. The molecule has 0 aliphatic carbocycles.